The van der Waals surface area contributed by atoms with Crippen molar-refractivity contribution in [3.63, 3.8) is 0 Å². The van der Waals surface area contributed by atoms with E-state index in [9.17, 15) is 40.2 Å². The minimum Gasteiger partial charge on any atom is -0.507 e. The van der Waals surface area contributed by atoms with Gasteiger partial charge < -0.3 is 40.1 Å². The van der Waals surface area contributed by atoms with Crippen LogP contribution in [-0.4, -0.2) is 68.6 Å². The molecular weight excluding hydrogens is 663 g/mol. The quantitative estimate of drug-likeness (QED) is 0.140. The lowest BCUT2D eigenvalue weighted by Crippen LogP contribution is -2.30. The average molecular weight is 696 g/mol. The average Bonchev–Trinajstić information content (AvgIpc) is 3.00. The third kappa shape index (κ3) is 5.11. The highest BCUT2D eigenvalue weighted by atomic mass is 35.5. The van der Waals surface area contributed by atoms with Gasteiger partial charge in [0, 0.05) is 11.8 Å². The molecule has 6 N–H and O–H groups in total. The van der Waals surface area contributed by atoms with Crippen molar-refractivity contribution in [1.29, 1.82) is 0 Å². The molecule has 12 heteroatoms. The molecule has 0 amide bonds. The van der Waals surface area contributed by atoms with Crippen LogP contribution in [0.3, 0.4) is 0 Å². The van der Waals surface area contributed by atoms with Crippen LogP contribution in [0, 0.1) is 0 Å². The summed E-state index contributed by atoms with van der Waals surface area (Å²) in [4.78, 5) is 28.3. The summed E-state index contributed by atoms with van der Waals surface area (Å²) in [6.45, 7) is 3.15. The monoisotopic (exact) mass is 694 g/mol. The molecule has 0 aliphatic heterocycles. The van der Waals surface area contributed by atoms with E-state index in [2.05, 4.69) is 0 Å². The van der Waals surface area contributed by atoms with Crippen LogP contribution in [-0.2, 0) is 12.8 Å². The maximum atomic E-state index is 14.2. The van der Waals surface area contributed by atoms with E-state index in [0.29, 0.717) is 11.1 Å². The predicted molar refractivity (Wildman–Crippen MR) is 177 cm³/mol. The number of phenols is 4. The number of hydrogen-bond acceptors (Lipinski definition) is 10. The summed E-state index contributed by atoms with van der Waals surface area (Å²) in [5.41, 5.74) is 1.23. The van der Waals surface area contributed by atoms with Crippen LogP contribution in [0.5, 0.6) is 34.5 Å². The Kier molecular flexibility index (Phi) is 8.49. The fraction of sp³-hybridized carbons (Fsp3) is 0.278. The summed E-state index contributed by atoms with van der Waals surface area (Å²) < 4.78 is 11.0. The van der Waals surface area contributed by atoms with Crippen LogP contribution >= 0.6 is 23.2 Å². The molecule has 0 heterocycles. The van der Waals surface area contributed by atoms with E-state index in [1.807, 2.05) is 0 Å². The maximum Gasteiger partial charge on any atom is 0.201 e. The van der Waals surface area contributed by atoms with Gasteiger partial charge in [0.1, 0.15) is 44.5 Å². The standard InChI is InChI=1S/C36H32Cl2O10/c1-13(39)5-15-7-17-25(19-11-23(47-3)31(37)35(45)29(19)33(43)27(17)21(41)9-15)26-18-8-16(6-14(2)40)10-22(42)28(18)34(44)30-20(26)12-24(48-4)32(38)36(30)46/h7-14,25-26,39-42,45-46H,5-6H2,1-4H3/t13-,14+,25+,26-. The van der Waals surface area contributed by atoms with Gasteiger partial charge in [-0.05, 0) is 84.3 Å². The molecule has 4 aromatic carbocycles. The number of fused-ring (bicyclic) bond motifs is 4. The van der Waals surface area contributed by atoms with Gasteiger partial charge in [0.15, 0.2) is 0 Å². The van der Waals surface area contributed by atoms with Gasteiger partial charge in [-0.25, -0.2) is 0 Å². The molecule has 6 rings (SSSR count). The lowest BCUT2D eigenvalue weighted by atomic mass is 9.63. The number of rotatable bonds is 7. The number of aliphatic hydroxyl groups is 2. The molecule has 4 aromatic rings. The first-order valence-electron chi connectivity index (χ1n) is 15.1. The maximum absolute atomic E-state index is 14.2. The number of benzene rings is 4. The molecular formula is C36H32Cl2O10. The Hall–Kier alpha value is -4.48. The SMILES string of the molecule is COc1cc2c(c(O)c1Cl)C(=O)c1c(O)cc(C[C@H](C)O)cc1[C@H]2[C@H]1c2cc(C[C@@H](C)O)cc(O)c2C(=O)c2c1cc(OC)c(Cl)c2O. The van der Waals surface area contributed by atoms with Crippen molar-refractivity contribution in [2.24, 2.45) is 0 Å². The Labute approximate surface area is 285 Å². The van der Waals surface area contributed by atoms with Crippen LogP contribution in [0.2, 0.25) is 10.0 Å². The van der Waals surface area contributed by atoms with E-state index in [-0.39, 0.29) is 78.9 Å². The summed E-state index contributed by atoms with van der Waals surface area (Å²) in [5, 5.41) is 65.5. The molecule has 0 bridgehead atoms. The van der Waals surface area contributed by atoms with Crippen molar-refractivity contribution in [1.82, 2.24) is 0 Å². The summed E-state index contributed by atoms with van der Waals surface area (Å²) >= 11 is 12.9. The highest BCUT2D eigenvalue weighted by Gasteiger charge is 2.47. The second kappa shape index (κ2) is 12.2. The third-order valence-electron chi connectivity index (χ3n) is 8.97. The fourth-order valence-corrected chi connectivity index (χ4v) is 7.62. The number of aliphatic hydroxyl groups excluding tert-OH is 2. The molecule has 0 saturated carbocycles. The number of ether oxygens (including phenoxy) is 2. The first-order valence-corrected chi connectivity index (χ1v) is 15.8. The first kappa shape index (κ1) is 33.4. The van der Waals surface area contributed by atoms with E-state index >= 15 is 0 Å². The van der Waals surface area contributed by atoms with Gasteiger partial charge in [0.2, 0.25) is 11.6 Å². The second-order valence-electron chi connectivity index (χ2n) is 12.3. The van der Waals surface area contributed by atoms with Crippen molar-refractivity contribution in [3.05, 3.63) is 102 Å². The number of carbonyl (C=O) groups excluding carboxylic acids is 2. The van der Waals surface area contributed by atoms with Crippen molar-refractivity contribution in [3.8, 4) is 34.5 Å². The van der Waals surface area contributed by atoms with Crippen LogP contribution in [0.4, 0.5) is 0 Å². The normalized spacial score (nSPS) is 17.6. The van der Waals surface area contributed by atoms with E-state index in [1.165, 1.54) is 38.5 Å². The van der Waals surface area contributed by atoms with Crippen molar-refractivity contribution in [2.75, 3.05) is 14.2 Å². The lowest BCUT2D eigenvalue weighted by Gasteiger charge is -2.39. The van der Waals surface area contributed by atoms with Crippen molar-refractivity contribution < 1.29 is 49.7 Å². The largest absolute Gasteiger partial charge is 0.507 e. The zero-order chi connectivity index (χ0) is 34.9. The number of ketones is 2. The van der Waals surface area contributed by atoms with Crippen LogP contribution in [0.15, 0.2) is 36.4 Å². The van der Waals surface area contributed by atoms with E-state index in [1.54, 1.807) is 26.0 Å². The lowest BCUT2D eigenvalue weighted by molar-refractivity contribution is 0.101. The smallest absolute Gasteiger partial charge is 0.201 e. The minimum atomic E-state index is -1.03. The van der Waals surface area contributed by atoms with E-state index in [0.717, 1.165) is 0 Å². The molecule has 0 unspecified atom stereocenters. The highest BCUT2D eigenvalue weighted by Crippen LogP contribution is 2.59. The predicted octanol–water partition coefficient (Wildman–Crippen LogP) is 5.73. The molecule has 0 radical (unpaired) electrons. The number of phenolic OH excluding ortho intramolecular Hbond substituents is 4. The first-order chi connectivity index (χ1) is 22.7. The van der Waals surface area contributed by atoms with Crippen molar-refractivity contribution in [2.45, 2.75) is 50.7 Å². The van der Waals surface area contributed by atoms with Gasteiger partial charge in [0.05, 0.1) is 48.7 Å². The van der Waals surface area contributed by atoms with Gasteiger partial charge in [-0.2, -0.15) is 0 Å². The Morgan fingerprint density at radius 1 is 0.604 bits per heavy atom. The topological polar surface area (TPSA) is 174 Å². The summed E-state index contributed by atoms with van der Waals surface area (Å²) in [6.07, 6.45) is -1.40. The van der Waals surface area contributed by atoms with Gasteiger partial charge in [0.25, 0.3) is 0 Å². The Bertz CT molecular complexity index is 1890. The zero-order valence-electron chi connectivity index (χ0n) is 26.3. The molecule has 2 aliphatic carbocycles. The summed E-state index contributed by atoms with van der Waals surface area (Å²) in [7, 11) is 2.67. The Morgan fingerprint density at radius 2 is 0.938 bits per heavy atom. The number of aromatic hydroxyl groups is 4. The minimum absolute atomic E-state index is 0.0353. The zero-order valence-corrected chi connectivity index (χ0v) is 27.8. The molecule has 4 atom stereocenters. The molecule has 48 heavy (non-hydrogen) atoms. The van der Waals surface area contributed by atoms with Gasteiger partial charge in [-0.1, -0.05) is 35.3 Å². The van der Waals surface area contributed by atoms with Crippen LogP contribution in [0.25, 0.3) is 0 Å². The number of carbonyl (C=O) groups is 2. The van der Waals surface area contributed by atoms with Gasteiger partial charge in [-0.3, -0.25) is 9.59 Å². The van der Waals surface area contributed by atoms with Gasteiger partial charge >= 0.3 is 0 Å². The number of methoxy groups -OCH3 is 2. The fourth-order valence-electron chi connectivity index (χ4n) is 7.17. The van der Waals surface area contributed by atoms with Crippen LogP contribution < -0.4 is 9.47 Å². The molecule has 250 valence electrons. The highest BCUT2D eigenvalue weighted by molar-refractivity contribution is 6.35. The molecule has 10 nitrogen and oxygen atoms in total. The second-order valence-corrected chi connectivity index (χ2v) is 13.0. The molecule has 0 fully saturated rings. The molecule has 0 spiro atoms. The Morgan fingerprint density at radius 3 is 1.25 bits per heavy atom. The third-order valence-corrected chi connectivity index (χ3v) is 9.70. The number of halogens is 2. The molecule has 2 aliphatic rings. The molecule has 0 saturated heterocycles. The van der Waals surface area contributed by atoms with E-state index in [4.69, 9.17) is 32.7 Å². The van der Waals surface area contributed by atoms with E-state index < -0.39 is 58.6 Å². The summed E-state index contributed by atoms with van der Waals surface area (Å²) in [6, 6.07) is 9.02. The van der Waals surface area contributed by atoms with Crippen LogP contribution in [0.1, 0.15) is 90.9 Å². The number of hydrogen-bond donors (Lipinski definition) is 6. The Balaban J connectivity index is 1.81. The molecule has 0 aromatic heterocycles. The van der Waals surface area contributed by atoms with Gasteiger partial charge in [-0.15, -0.1) is 0 Å². The van der Waals surface area contributed by atoms with Crippen molar-refractivity contribution >= 4 is 34.8 Å². The summed E-state index contributed by atoms with van der Waals surface area (Å²) in [5.74, 6) is -5.44.